The first-order valence-corrected chi connectivity index (χ1v) is 10.5. The third-order valence-electron chi connectivity index (χ3n) is 5.26. The molecule has 0 spiro atoms. The zero-order valence-corrected chi connectivity index (χ0v) is 17.4. The maximum absolute atomic E-state index is 14.2. The third kappa shape index (κ3) is 4.02. The molecule has 0 radical (unpaired) electrons. The lowest BCUT2D eigenvalue weighted by Crippen LogP contribution is -2.56. The van der Waals surface area contributed by atoms with Crippen molar-refractivity contribution in [2.45, 2.75) is 29.8 Å². The van der Waals surface area contributed by atoms with Crippen molar-refractivity contribution in [3.63, 3.8) is 0 Å². The van der Waals surface area contributed by atoms with Crippen molar-refractivity contribution in [2.24, 2.45) is 0 Å². The van der Waals surface area contributed by atoms with Gasteiger partial charge in [-0.25, -0.2) is 21.9 Å². The largest absolute Gasteiger partial charge is 0.383 e. The van der Waals surface area contributed by atoms with E-state index in [9.17, 15) is 17.2 Å². The second-order valence-electron chi connectivity index (χ2n) is 7.16. The predicted octanol–water partition coefficient (Wildman–Crippen LogP) is 0.839. The van der Waals surface area contributed by atoms with E-state index in [-0.39, 0.29) is 13.1 Å². The van der Waals surface area contributed by atoms with E-state index >= 15 is 0 Å². The monoisotopic (exact) mass is 430 g/mol. The summed E-state index contributed by atoms with van der Waals surface area (Å²) in [4.78, 5) is 1.33. The molecule has 0 bridgehead atoms. The van der Waals surface area contributed by atoms with Gasteiger partial charge in [0, 0.05) is 26.3 Å². The number of likely N-dealkylation sites (N-methyl/N-ethyl adjacent to an activating group) is 1. The molecule has 1 aliphatic rings. The van der Waals surface area contributed by atoms with E-state index in [4.69, 9.17) is 4.74 Å². The highest BCUT2D eigenvalue weighted by molar-refractivity contribution is 7.89. The van der Waals surface area contributed by atoms with Crippen LogP contribution in [0.3, 0.4) is 0 Å². The Balaban J connectivity index is 1.99. The van der Waals surface area contributed by atoms with Crippen molar-refractivity contribution in [3.8, 4) is 0 Å². The summed E-state index contributed by atoms with van der Waals surface area (Å²) in [5.41, 5.74) is -0.806. The number of hydrogen-bond donors (Lipinski definition) is 0. The zero-order chi connectivity index (χ0) is 21.2. The quantitative estimate of drug-likeness (QED) is 0.643. The normalized spacial score (nSPS) is 21.0. The first-order valence-electron chi connectivity index (χ1n) is 9.10. The van der Waals surface area contributed by atoms with Crippen LogP contribution in [0.1, 0.15) is 18.7 Å². The van der Waals surface area contributed by atoms with Crippen molar-refractivity contribution in [3.05, 3.63) is 35.7 Å². The Morgan fingerprint density at radius 3 is 2.72 bits per heavy atom. The van der Waals surface area contributed by atoms with E-state index in [1.54, 1.807) is 11.8 Å². The number of sulfonamides is 1. The smallest absolute Gasteiger partial charge is 0.246 e. The molecule has 0 saturated carbocycles. The molecule has 9 nitrogen and oxygen atoms in total. The van der Waals surface area contributed by atoms with E-state index in [0.717, 1.165) is 12.1 Å². The van der Waals surface area contributed by atoms with Gasteiger partial charge in [0.05, 0.1) is 18.7 Å². The van der Waals surface area contributed by atoms with E-state index in [1.165, 1.54) is 4.31 Å². The van der Waals surface area contributed by atoms with Crippen molar-refractivity contribution in [1.82, 2.24) is 29.4 Å². The summed E-state index contributed by atoms with van der Waals surface area (Å²) < 4.78 is 61.6. The van der Waals surface area contributed by atoms with Gasteiger partial charge in [-0.1, -0.05) is 0 Å². The minimum Gasteiger partial charge on any atom is -0.383 e. The Labute approximate surface area is 168 Å². The highest BCUT2D eigenvalue weighted by Crippen LogP contribution is 2.37. The first kappa shape index (κ1) is 21.7. The average molecular weight is 430 g/mol. The summed E-state index contributed by atoms with van der Waals surface area (Å²) in [5, 5.41) is 11.9. The van der Waals surface area contributed by atoms with Crippen LogP contribution in [-0.4, -0.2) is 78.7 Å². The molecule has 2 aromatic rings. The van der Waals surface area contributed by atoms with Gasteiger partial charge in [-0.05, 0) is 49.5 Å². The molecule has 1 aromatic carbocycles. The van der Waals surface area contributed by atoms with E-state index in [1.807, 2.05) is 19.0 Å². The molecule has 0 aliphatic carbocycles. The summed E-state index contributed by atoms with van der Waals surface area (Å²) in [7, 11) is 1.04. The number of hydrogen-bond acceptors (Lipinski definition) is 7. The number of tetrazole rings is 1. The molecular weight excluding hydrogens is 406 g/mol. The van der Waals surface area contributed by atoms with Crippen molar-refractivity contribution in [1.29, 1.82) is 0 Å². The SMILES string of the molecule is COCCn1nnnc1C1(N(C)C)CCCN(S(=O)(=O)c2ccc(F)cc2F)C1. The van der Waals surface area contributed by atoms with E-state index in [2.05, 4.69) is 15.5 Å². The van der Waals surface area contributed by atoms with Crippen molar-refractivity contribution in [2.75, 3.05) is 40.9 Å². The molecule has 1 fully saturated rings. The lowest BCUT2D eigenvalue weighted by molar-refractivity contribution is 0.0619. The molecule has 160 valence electrons. The molecule has 2 heterocycles. The summed E-state index contributed by atoms with van der Waals surface area (Å²) in [6.45, 7) is 1.05. The minimum atomic E-state index is -4.17. The molecule has 29 heavy (non-hydrogen) atoms. The number of nitrogens with zero attached hydrogens (tertiary/aromatic N) is 6. The Morgan fingerprint density at radius 1 is 1.31 bits per heavy atom. The summed E-state index contributed by atoms with van der Waals surface area (Å²) in [5.74, 6) is -1.44. The predicted molar refractivity (Wildman–Crippen MR) is 99.4 cm³/mol. The van der Waals surface area contributed by atoms with Gasteiger partial charge in [-0.2, -0.15) is 4.31 Å². The lowest BCUT2D eigenvalue weighted by Gasteiger charge is -2.45. The molecule has 0 amide bonds. The van der Waals surface area contributed by atoms with Crippen LogP contribution in [0.2, 0.25) is 0 Å². The summed E-state index contributed by atoms with van der Waals surface area (Å²) in [6, 6.07) is 2.46. The second kappa shape index (κ2) is 8.38. The molecule has 1 saturated heterocycles. The van der Waals surface area contributed by atoms with Crippen LogP contribution in [0.25, 0.3) is 0 Å². The summed E-state index contributed by atoms with van der Waals surface area (Å²) >= 11 is 0. The van der Waals surface area contributed by atoms with Crippen molar-refractivity contribution >= 4 is 10.0 Å². The average Bonchev–Trinajstić information content (AvgIpc) is 3.15. The number of ether oxygens (including phenoxy) is 1. The molecule has 1 atom stereocenters. The molecule has 12 heteroatoms. The van der Waals surface area contributed by atoms with Crippen LogP contribution < -0.4 is 0 Å². The van der Waals surface area contributed by atoms with Crippen LogP contribution in [-0.2, 0) is 26.8 Å². The fourth-order valence-electron chi connectivity index (χ4n) is 3.64. The first-order chi connectivity index (χ1) is 13.7. The van der Waals surface area contributed by atoms with Gasteiger partial charge in [0.2, 0.25) is 10.0 Å². The lowest BCUT2D eigenvalue weighted by atomic mass is 9.88. The Morgan fingerprint density at radius 2 is 2.07 bits per heavy atom. The van der Waals surface area contributed by atoms with Gasteiger partial charge in [-0.3, -0.25) is 4.90 Å². The number of piperidine rings is 1. The summed E-state index contributed by atoms with van der Waals surface area (Å²) in [6.07, 6.45) is 1.14. The fraction of sp³-hybridized carbons (Fsp3) is 0.588. The van der Waals surface area contributed by atoms with Gasteiger partial charge in [0.25, 0.3) is 0 Å². The molecule has 3 rings (SSSR count). The van der Waals surface area contributed by atoms with E-state index < -0.39 is 32.1 Å². The number of benzene rings is 1. The maximum atomic E-state index is 14.2. The Hall–Kier alpha value is -2.02. The van der Waals surface area contributed by atoms with Crippen molar-refractivity contribution < 1.29 is 21.9 Å². The fourth-order valence-corrected chi connectivity index (χ4v) is 5.22. The van der Waals surface area contributed by atoms with Crippen LogP contribution in [0.4, 0.5) is 8.78 Å². The number of halogens is 2. The second-order valence-corrected chi connectivity index (χ2v) is 9.07. The third-order valence-corrected chi connectivity index (χ3v) is 7.14. The van der Waals surface area contributed by atoms with Gasteiger partial charge in [-0.15, -0.1) is 5.10 Å². The number of aromatic nitrogens is 4. The standard InChI is InChI=1S/C17H24F2N6O3S/c1-23(2)17(16-20-21-22-25(16)9-10-28-3)7-4-8-24(12-17)29(26,27)15-6-5-13(18)11-14(15)19/h5-6,11H,4,7-10,12H2,1-3H3. The number of methoxy groups -OCH3 is 1. The van der Waals surface area contributed by atoms with Gasteiger partial charge < -0.3 is 4.74 Å². The van der Waals surface area contributed by atoms with Crippen LogP contribution >= 0.6 is 0 Å². The number of rotatable bonds is 7. The highest BCUT2D eigenvalue weighted by atomic mass is 32.2. The Kier molecular flexibility index (Phi) is 6.27. The van der Waals surface area contributed by atoms with Gasteiger partial charge >= 0.3 is 0 Å². The van der Waals surface area contributed by atoms with Crippen LogP contribution in [0.5, 0.6) is 0 Å². The van der Waals surface area contributed by atoms with Gasteiger partial charge in [0.1, 0.15) is 16.5 Å². The molecular formula is C17H24F2N6O3S. The van der Waals surface area contributed by atoms with Crippen LogP contribution in [0, 0.1) is 11.6 Å². The molecule has 1 aromatic heterocycles. The molecule has 1 aliphatic heterocycles. The molecule has 0 N–H and O–H groups in total. The maximum Gasteiger partial charge on any atom is 0.246 e. The molecule has 1 unspecified atom stereocenters. The van der Waals surface area contributed by atoms with Crippen LogP contribution in [0.15, 0.2) is 23.1 Å². The minimum absolute atomic E-state index is 0.0342. The van der Waals surface area contributed by atoms with E-state index in [0.29, 0.717) is 37.9 Å². The van der Waals surface area contributed by atoms with Gasteiger partial charge in [0.15, 0.2) is 5.82 Å². The highest BCUT2D eigenvalue weighted by Gasteiger charge is 2.47. The zero-order valence-electron chi connectivity index (χ0n) is 16.5. The Bertz CT molecular complexity index is 968. The topological polar surface area (TPSA) is 93.4 Å².